The lowest BCUT2D eigenvalue weighted by molar-refractivity contribution is -0.364. The number of hydrogen-bond donors (Lipinski definition) is 2. The van der Waals surface area contributed by atoms with Crippen LogP contribution in [-0.2, 0) is 114 Å². The molecule has 2 aromatic rings. The van der Waals surface area contributed by atoms with Gasteiger partial charge in [0, 0.05) is 40.5 Å². The fourth-order valence-corrected chi connectivity index (χ4v) is 16.3. The summed E-state index contributed by atoms with van der Waals surface area (Å²) in [5, 5.41) is 27.2. The van der Waals surface area contributed by atoms with Crippen molar-refractivity contribution in [3.05, 3.63) is 71.8 Å². The van der Waals surface area contributed by atoms with Crippen molar-refractivity contribution < 1.29 is 134 Å². The van der Waals surface area contributed by atoms with Crippen molar-refractivity contribution in [2.24, 2.45) is 46.3 Å². The number of benzene rings is 2. The second-order valence-electron chi connectivity index (χ2n) is 29.7. The summed E-state index contributed by atoms with van der Waals surface area (Å²) < 4.78 is 89.9. The van der Waals surface area contributed by atoms with Crippen molar-refractivity contribution >= 4 is 71.6 Å². The fourth-order valence-electron chi connectivity index (χ4n) is 16.3. The van der Waals surface area contributed by atoms with E-state index in [1.54, 1.807) is 12.1 Å². The Morgan fingerprint density at radius 3 is 0.980 bits per heavy atom. The van der Waals surface area contributed by atoms with E-state index >= 15 is 9.59 Å². The minimum absolute atomic E-state index is 0.0620. The Bertz CT molecular complexity index is 3260. The van der Waals surface area contributed by atoms with Gasteiger partial charge in [-0.3, -0.25) is 47.9 Å². The fraction of sp³-hybridized carbons (Fsp3) is 0.667. The lowest BCUT2D eigenvalue weighted by Crippen LogP contribution is -2.85. The van der Waals surface area contributed by atoms with E-state index in [9.17, 15) is 58.2 Å². The maximum absolute atomic E-state index is 15.4. The van der Waals surface area contributed by atoms with Gasteiger partial charge in [0.1, 0.15) is 60.7 Å². The molecule has 2 spiro atoms. The lowest BCUT2D eigenvalue weighted by atomic mass is 9.45. The molecule has 0 aromatic heterocycles. The molecule has 18 atom stereocenters. The van der Waals surface area contributed by atoms with E-state index in [1.165, 1.54) is 145 Å². The standard InChI is InChI=1S/C72H94O28/c1-35(2)59(79)87-33-69-53(91-41(11)75)45(89-39(9)73)31-67(17,85)71(69)55(49(65(13,14)99-71)51(95-61(81)37(5)6)57(69)97-63(83)43-25-21-19-22-26-43)93-47(77)29-30-48(78)94-56-50-52(96-62(82)38(7)8)58(98-64(84)44-27-23-20-24-28-44)70(34-88-60(80)36(3)4)54(92-42(12)76)46(90-40(10)74)32-68(18,86)72(56,70)100-66(50,15)16/h19-28,35-38,45-46,49-58,85-86H,29-34H2,1-18H3/t45-,46-,49+,50+,51-,52-,53-,54-,55+,56+,57+,58+,67-,68-,69-,70-,71-,72-/m0/s1. The zero-order valence-corrected chi connectivity index (χ0v) is 59.8. The van der Waals surface area contributed by atoms with Crippen LogP contribution in [0, 0.1) is 46.3 Å². The smallest absolute Gasteiger partial charge is 0.338 e. The molecule has 0 radical (unpaired) electrons. The normalized spacial score (nSPS) is 34.0. The van der Waals surface area contributed by atoms with Gasteiger partial charge in [0.05, 0.1) is 81.9 Å². The Kier molecular flexibility index (Phi) is 22.3. The molecule has 2 aromatic carbocycles. The van der Waals surface area contributed by atoms with Crippen molar-refractivity contribution in [2.45, 2.75) is 245 Å². The van der Waals surface area contributed by atoms with Gasteiger partial charge in [0.2, 0.25) is 0 Å². The van der Waals surface area contributed by atoms with Crippen LogP contribution in [0.1, 0.15) is 171 Å². The van der Waals surface area contributed by atoms with E-state index in [1.807, 2.05) is 0 Å². The second kappa shape index (κ2) is 28.7. The Morgan fingerprint density at radius 2 is 0.700 bits per heavy atom. The van der Waals surface area contributed by atoms with Gasteiger partial charge in [-0.1, -0.05) is 91.8 Å². The summed E-state index contributed by atoms with van der Waals surface area (Å²) in [6.07, 6.45) is -22.5. The van der Waals surface area contributed by atoms with Crippen LogP contribution in [0.25, 0.3) is 0 Å². The van der Waals surface area contributed by atoms with E-state index in [-0.39, 0.29) is 11.1 Å². The first-order valence-corrected chi connectivity index (χ1v) is 33.6. The van der Waals surface area contributed by atoms with Crippen LogP contribution in [0.4, 0.5) is 0 Å². The van der Waals surface area contributed by atoms with Crippen LogP contribution in [0.3, 0.4) is 0 Å². The van der Waals surface area contributed by atoms with Crippen LogP contribution >= 0.6 is 0 Å². The molecule has 8 rings (SSSR count). The molecule has 2 saturated heterocycles. The van der Waals surface area contributed by atoms with Crippen LogP contribution in [0.15, 0.2) is 60.7 Å². The number of rotatable bonds is 23. The number of hydrogen-bond acceptors (Lipinski definition) is 28. The largest absolute Gasteiger partial charge is 0.464 e. The molecule has 28 heteroatoms. The first-order valence-electron chi connectivity index (χ1n) is 33.6. The SMILES string of the molecule is CC(=O)O[C@H]1C[C@](C)(O)[C@]23OC(C)(C)[C@H]([C@H](OC(=O)C(C)C)[C@@H](OC(=O)c4ccccc4)[C@]2(COC(=O)C(C)C)[C@H]1OC(C)=O)[C@H]3OC(=O)CCC(=O)O[C@@H]1[C@H]2[C@H](OC(=O)C(C)C)[C@@H](OC(=O)c3ccccc3)[C@]3(COC(=O)C(C)C)[C@@H](OC(C)=O)[C@@H](OC(C)=O)C[C@](C)(O)[C@@]13OC2(C)C. The summed E-state index contributed by atoms with van der Waals surface area (Å²) in [6.45, 7) is 22.3. The molecular weight excluding hydrogens is 1310 g/mol. The highest BCUT2D eigenvalue weighted by Gasteiger charge is 2.91. The summed E-state index contributed by atoms with van der Waals surface area (Å²) in [4.78, 5) is 171. The molecule has 6 aliphatic rings. The molecule has 4 aliphatic carbocycles. The van der Waals surface area contributed by atoms with E-state index in [0.29, 0.717) is 0 Å². The van der Waals surface area contributed by atoms with Gasteiger partial charge in [-0.25, -0.2) is 9.59 Å². The predicted octanol–water partition coefficient (Wildman–Crippen LogP) is 5.94. The highest BCUT2D eigenvalue weighted by molar-refractivity contribution is 5.90. The van der Waals surface area contributed by atoms with E-state index < -0.39 is 252 Å². The van der Waals surface area contributed by atoms with Gasteiger partial charge >= 0.3 is 71.6 Å². The molecule has 6 fully saturated rings. The molecule has 0 unspecified atom stereocenters. The molecule has 4 bridgehead atoms. The molecule has 2 N–H and O–H groups in total. The van der Waals surface area contributed by atoms with Gasteiger partial charge in [0.25, 0.3) is 0 Å². The van der Waals surface area contributed by atoms with Crippen LogP contribution in [0.5, 0.6) is 0 Å². The number of carbonyl (C=O) groups is 12. The highest BCUT2D eigenvalue weighted by atomic mass is 16.7. The Labute approximate surface area is 579 Å². The average molecular weight is 1410 g/mol. The number of fused-ring (bicyclic) bond motifs is 2. The first kappa shape index (κ1) is 77.7. The van der Waals surface area contributed by atoms with Gasteiger partial charge in [-0.15, -0.1) is 0 Å². The maximum atomic E-state index is 15.4. The summed E-state index contributed by atoms with van der Waals surface area (Å²) in [5.41, 5.74) is -19.4. The molecule has 2 aliphatic heterocycles. The van der Waals surface area contributed by atoms with Crippen molar-refractivity contribution in [3.8, 4) is 0 Å². The quantitative estimate of drug-likeness (QED) is 0.0960. The molecule has 100 heavy (non-hydrogen) atoms. The second-order valence-corrected chi connectivity index (χ2v) is 29.7. The molecule has 550 valence electrons. The lowest BCUT2D eigenvalue weighted by Gasteiger charge is -2.66. The Hall–Kier alpha value is -8.08. The number of ether oxygens (including phenoxy) is 14. The monoisotopic (exact) mass is 1410 g/mol. The highest BCUT2D eigenvalue weighted by Crippen LogP contribution is 2.72. The summed E-state index contributed by atoms with van der Waals surface area (Å²) in [5.74, 6) is -19.1. The van der Waals surface area contributed by atoms with Crippen molar-refractivity contribution in [1.82, 2.24) is 0 Å². The Morgan fingerprint density at radius 1 is 0.400 bits per heavy atom. The summed E-state index contributed by atoms with van der Waals surface area (Å²) in [6, 6.07) is 15.0. The third-order valence-corrected chi connectivity index (χ3v) is 20.2. The van der Waals surface area contributed by atoms with E-state index in [0.717, 1.165) is 27.7 Å². The number of esters is 12. The third kappa shape index (κ3) is 13.8. The van der Waals surface area contributed by atoms with Crippen LogP contribution in [-0.4, -0.2) is 190 Å². The van der Waals surface area contributed by atoms with E-state index in [2.05, 4.69) is 0 Å². The van der Waals surface area contributed by atoms with Gasteiger partial charge in [-0.2, -0.15) is 0 Å². The number of carbonyl (C=O) groups excluding carboxylic acids is 12. The average Bonchev–Trinajstić information content (AvgIpc) is 1.42. The van der Waals surface area contributed by atoms with Gasteiger partial charge in [-0.05, 0) is 65.8 Å². The van der Waals surface area contributed by atoms with Crippen molar-refractivity contribution in [1.29, 1.82) is 0 Å². The zero-order chi connectivity index (χ0) is 74.5. The third-order valence-electron chi connectivity index (χ3n) is 20.2. The predicted molar refractivity (Wildman–Crippen MR) is 342 cm³/mol. The molecule has 4 saturated carbocycles. The topological polar surface area (TPSA) is 375 Å². The maximum Gasteiger partial charge on any atom is 0.338 e. The molecule has 28 nitrogen and oxygen atoms in total. The minimum atomic E-state index is -2.66. The Balaban J connectivity index is 1.31. The molecule has 2 heterocycles. The summed E-state index contributed by atoms with van der Waals surface area (Å²) in [7, 11) is 0. The van der Waals surface area contributed by atoms with Gasteiger partial charge < -0.3 is 76.5 Å². The minimum Gasteiger partial charge on any atom is -0.464 e. The van der Waals surface area contributed by atoms with Crippen molar-refractivity contribution in [3.63, 3.8) is 0 Å². The van der Waals surface area contributed by atoms with Crippen LogP contribution < -0.4 is 0 Å². The van der Waals surface area contributed by atoms with E-state index in [4.69, 9.17) is 66.3 Å². The molecular formula is C72H94O28. The van der Waals surface area contributed by atoms with Gasteiger partial charge in [0.15, 0.2) is 35.6 Å². The van der Waals surface area contributed by atoms with Crippen molar-refractivity contribution in [2.75, 3.05) is 13.2 Å². The molecule has 0 amide bonds. The first-order chi connectivity index (χ1) is 46.4. The van der Waals surface area contributed by atoms with Crippen LogP contribution in [0.2, 0.25) is 0 Å². The summed E-state index contributed by atoms with van der Waals surface area (Å²) >= 11 is 0. The number of aliphatic hydroxyl groups is 2. The zero-order valence-electron chi connectivity index (χ0n) is 59.8.